The number of hydrogen-bond acceptors (Lipinski definition) is 7. The molecule has 0 fully saturated rings. The van der Waals surface area contributed by atoms with E-state index in [9.17, 15) is 4.79 Å². The Labute approximate surface area is 238 Å². The molecule has 9 nitrogen and oxygen atoms in total. The molecule has 0 saturated heterocycles. The van der Waals surface area contributed by atoms with Gasteiger partial charge in [-0.05, 0) is 38.0 Å². The van der Waals surface area contributed by atoms with Gasteiger partial charge in [-0.25, -0.2) is 4.98 Å². The highest BCUT2D eigenvalue weighted by Gasteiger charge is 2.22. The third-order valence-corrected chi connectivity index (χ3v) is 7.77. The Balaban J connectivity index is 1.32. The van der Waals surface area contributed by atoms with Gasteiger partial charge in [0.15, 0.2) is 5.65 Å². The smallest absolute Gasteiger partial charge is 0.241 e. The van der Waals surface area contributed by atoms with Gasteiger partial charge in [-0.2, -0.15) is 0 Å². The number of benzene rings is 1. The molecule has 0 radical (unpaired) electrons. The minimum atomic E-state index is -0.0136. The average molecular weight is 568 g/mol. The molecule has 0 spiro atoms. The lowest BCUT2D eigenvalue weighted by Gasteiger charge is -2.27. The Morgan fingerprint density at radius 1 is 1.10 bits per heavy atom. The van der Waals surface area contributed by atoms with Gasteiger partial charge in [0.1, 0.15) is 11.5 Å². The van der Waals surface area contributed by atoms with Crippen molar-refractivity contribution in [3.05, 3.63) is 64.8 Å². The molecule has 39 heavy (non-hydrogen) atoms. The van der Waals surface area contributed by atoms with Gasteiger partial charge in [0.25, 0.3) is 0 Å². The minimum absolute atomic E-state index is 0.0136. The molecule has 1 aliphatic rings. The fourth-order valence-electron chi connectivity index (χ4n) is 5.10. The van der Waals surface area contributed by atoms with Crippen molar-refractivity contribution in [2.75, 3.05) is 61.4 Å². The van der Waals surface area contributed by atoms with Crippen LogP contribution in [0.3, 0.4) is 0 Å². The summed E-state index contributed by atoms with van der Waals surface area (Å²) in [5.41, 5.74) is 5.86. The number of imidazole rings is 1. The van der Waals surface area contributed by atoms with Crippen LogP contribution in [0.2, 0.25) is 10.0 Å². The van der Waals surface area contributed by atoms with Gasteiger partial charge < -0.3 is 20.0 Å². The summed E-state index contributed by atoms with van der Waals surface area (Å²) in [7, 11) is 1.90. The van der Waals surface area contributed by atoms with Crippen LogP contribution in [0.4, 0.5) is 17.2 Å². The second-order valence-electron chi connectivity index (χ2n) is 9.49. The SMILES string of the molecule is CCN(CCN(C)c1c(Cl)cncc1Cl)C(=O)CNc1c(-c2ccc3c(c2)CCN3CC)nc2cnccn12. The highest BCUT2D eigenvalue weighted by atomic mass is 35.5. The number of nitrogens with one attached hydrogen (secondary N) is 1. The summed E-state index contributed by atoms with van der Waals surface area (Å²) < 4.78 is 1.94. The molecule has 1 aliphatic heterocycles. The number of amides is 1. The Hall–Kier alpha value is -3.56. The maximum atomic E-state index is 13.3. The van der Waals surface area contributed by atoms with Gasteiger partial charge in [0.05, 0.1) is 28.5 Å². The Morgan fingerprint density at radius 3 is 2.64 bits per heavy atom. The van der Waals surface area contributed by atoms with E-state index in [0.29, 0.717) is 35.4 Å². The number of hydrogen-bond donors (Lipinski definition) is 1. The molecule has 1 N–H and O–H groups in total. The van der Waals surface area contributed by atoms with Gasteiger partial charge in [-0.1, -0.05) is 29.3 Å². The van der Waals surface area contributed by atoms with E-state index in [0.717, 1.165) is 42.2 Å². The van der Waals surface area contributed by atoms with Crippen LogP contribution in [0.1, 0.15) is 19.4 Å². The fraction of sp³-hybridized carbons (Fsp3) is 0.357. The van der Waals surface area contributed by atoms with Crippen LogP contribution in [0.25, 0.3) is 16.9 Å². The highest BCUT2D eigenvalue weighted by molar-refractivity contribution is 6.38. The zero-order valence-electron chi connectivity index (χ0n) is 22.4. The van der Waals surface area contributed by atoms with Crippen molar-refractivity contribution in [1.29, 1.82) is 0 Å². The summed E-state index contributed by atoms with van der Waals surface area (Å²) in [5.74, 6) is 0.759. The number of fused-ring (bicyclic) bond motifs is 2. The molecule has 1 aromatic carbocycles. The number of nitrogens with zero attached hydrogens (tertiary/aromatic N) is 7. The van der Waals surface area contributed by atoms with Gasteiger partial charge in [-0.15, -0.1) is 0 Å². The molecule has 4 aromatic rings. The summed E-state index contributed by atoms with van der Waals surface area (Å²) in [4.78, 5) is 32.5. The second-order valence-corrected chi connectivity index (χ2v) is 10.3. The first-order valence-corrected chi connectivity index (χ1v) is 13.9. The van der Waals surface area contributed by atoms with Crippen LogP contribution < -0.4 is 15.1 Å². The average Bonchev–Trinajstić information content (AvgIpc) is 3.52. The van der Waals surface area contributed by atoms with E-state index in [2.05, 4.69) is 45.3 Å². The van der Waals surface area contributed by atoms with Crippen molar-refractivity contribution in [3.63, 3.8) is 0 Å². The topological polar surface area (TPSA) is 81.9 Å². The lowest BCUT2D eigenvalue weighted by Crippen LogP contribution is -2.40. The number of likely N-dealkylation sites (N-methyl/N-ethyl adjacent to an activating group) is 3. The van der Waals surface area contributed by atoms with Gasteiger partial charge >= 0.3 is 0 Å². The van der Waals surface area contributed by atoms with E-state index in [1.165, 1.54) is 11.3 Å². The van der Waals surface area contributed by atoms with E-state index in [1.54, 1.807) is 24.8 Å². The molecule has 0 aliphatic carbocycles. The number of aromatic nitrogens is 4. The van der Waals surface area contributed by atoms with Gasteiger partial charge in [0.2, 0.25) is 5.91 Å². The Kier molecular flexibility index (Phi) is 8.09. The van der Waals surface area contributed by atoms with E-state index >= 15 is 0 Å². The number of carbonyl (C=O) groups is 1. The van der Waals surface area contributed by atoms with Gasteiger partial charge in [0, 0.05) is 75.8 Å². The molecule has 0 saturated carbocycles. The standard InChI is InChI=1S/C28H32Cl2N8O/c1-4-36-10-8-19-14-20(6-7-23(19)36)26-28(38-11-9-31-17-24(38)34-26)33-18-25(39)37(5-2)13-12-35(3)27-21(29)15-32-16-22(27)30/h6-7,9,11,14-17,33H,4-5,8,10,12-13,18H2,1-3H3. The van der Waals surface area contributed by atoms with Crippen LogP contribution in [-0.2, 0) is 11.2 Å². The lowest BCUT2D eigenvalue weighted by atomic mass is 10.1. The van der Waals surface area contributed by atoms with Crippen molar-refractivity contribution >= 4 is 51.9 Å². The monoisotopic (exact) mass is 566 g/mol. The predicted molar refractivity (Wildman–Crippen MR) is 158 cm³/mol. The first-order chi connectivity index (χ1) is 18.9. The molecule has 0 bridgehead atoms. The van der Waals surface area contributed by atoms with Crippen molar-refractivity contribution in [2.45, 2.75) is 20.3 Å². The van der Waals surface area contributed by atoms with E-state index < -0.39 is 0 Å². The largest absolute Gasteiger partial charge is 0.371 e. The van der Waals surface area contributed by atoms with Crippen LogP contribution >= 0.6 is 23.2 Å². The molecule has 204 valence electrons. The summed E-state index contributed by atoms with van der Waals surface area (Å²) in [5, 5.41) is 4.33. The first-order valence-electron chi connectivity index (χ1n) is 13.1. The first kappa shape index (κ1) is 27.0. The third kappa shape index (κ3) is 5.46. The third-order valence-electron chi connectivity index (χ3n) is 7.21. The maximum Gasteiger partial charge on any atom is 0.241 e. The van der Waals surface area contributed by atoms with Crippen LogP contribution in [0.15, 0.2) is 49.2 Å². The maximum absolute atomic E-state index is 13.3. The zero-order valence-corrected chi connectivity index (χ0v) is 23.9. The van der Waals surface area contributed by atoms with Crippen molar-refractivity contribution in [2.24, 2.45) is 0 Å². The molecule has 0 unspecified atom stereocenters. The molecule has 1 amide bonds. The summed E-state index contributed by atoms with van der Waals surface area (Å²) >= 11 is 12.6. The number of rotatable bonds is 10. The fourth-order valence-corrected chi connectivity index (χ4v) is 5.76. The van der Waals surface area contributed by atoms with Crippen molar-refractivity contribution in [3.8, 4) is 11.3 Å². The van der Waals surface area contributed by atoms with Crippen molar-refractivity contribution in [1.82, 2.24) is 24.3 Å². The molecule has 4 heterocycles. The zero-order chi connectivity index (χ0) is 27.5. The van der Waals surface area contributed by atoms with Gasteiger partial charge in [-0.3, -0.25) is 19.2 Å². The molecule has 5 rings (SSSR count). The molecule has 3 aromatic heterocycles. The lowest BCUT2D eigenvalue weighted by molar-refractivity contribution is -0.129. The number of pyridine rings is 1. The minimum Gasteiger partial charge on any atom is -0.371 e. The Morgan fingerprint density at radius 2 is 1.90 bits per heavy atom. The van der Waals surface area contributed by atoms with E-state index in [-0.39, 0.29) is 12.5 Å². The number of halogens is 2. The summed E-state index contributed by atoms with van der Waals surface area (Å²) in [6.45, 7) is 7.97. The normalized spacial score (nSPS) is 12.6. The molecule has 11 heteroatoms. The van der Waals surface area contributed by atoms with E-state index in [4.69, 9.17) is 28.2 Å². The molecular formula is C28H32Cl2N8O. The van der Waals surface area contributed by atoms with Crippen molar-refractivity contribution < 1.29 is 4.79 Å². The predicted octanol–water partition coefficient (Wildman–Crippen LogP) is 4.88. The Bertz CT molecular complexity index is 1470. The summed E-state index contributed by atoms with van der Waals surface area (Å²) in [6.07, 6.45) is 9.46. The second kappa shape index (κ2) is 11.7. The summed E-state index contributed by atoms with van der Waals surface area (Å²) in [6, 6.07) is 6.50. The molecular weight excluding hydrogens is 535 g/mol. The van der Waals surface area contributed by atoms with E-state index in [1.807, 2.05) is 34.4 Å². The quantitative estimate of drug-likeness (QED) is 0.293. The van der Waals surface area contributed by atoms with Crippen LogP contribution in [-0.4, -0.2) is 76.5 Å². The number of carbonyl (C=O) groups excluding carboxylic acids is 1. The highest BCUT2D eigenvalue weighted by Crippen LogP contribution is 2.35. The van der Waals surface area contributed by atoms with Crippen LogP contribution in [0.5, 0.6) is 0 Å². The number of anilines is 3. The van der Waals surface area contributed by atoms with Crippen LogP contribution in [0, 0.1) is 0 Å². The molecule has 0 atom stereocenters.